The van der Waals surface area contributed by atoms with Crippen molar-refractivity contribution < 1.29 is 4.79 Å². The van der Waals surface area contributed by atoms with Crippen LogP contribution in [0.25, 0.3) is 0 Å². The standard InChI is InChI=1S/C17H32N2O/c1-3-14-13-19(12-11-16(14)18-4-2)17(20)15-9-7-5-6-8-10-15/h14-16,18H,3-13H2,1-2H3. The largest absolute Gasteiger partial charge is 0.342 e. The van der Waals surface area contributed by atoms with Crippen LogP contribution in [0.2, 0.25) is 0 Å². The average molecular weight is 280 g/mol. The second kappa shape index (κ2) is 8.02. The van der Waals surface area contributed by atoms with E-state index in [0.717, 1.165) is 38.9 Å². The third-order valence-corrected chi connectivity index (χ3v) is 5.24. The van der Waals surface area contributed by atoms with Crippen LogP contribution in [0.4, 0.5) is 0 Å². The van der Waals surface area contributed by atoms with Crippen molar-refractivity contribution in [1.29, 1.82) is 0 Å². The molecule has 1 aliphatic heterocycles. The van der Waals surface area contributed by atoms with Crippen molar-refractivity contribution in [2.45, 2.75) is 71.3 Å². The fraction of sp³-hybridized carbons (Fsp3) is 0.941. The highest BCUT2D eigenvalue weighted by atomic mass is 16.2. The number of nitrogens with one attached hydrogen (secondary N) is 1. The summed E-state index contributed by atoms with van der Waals surface area (Å²) >= 11 is 0. The number of rotatable bonds is 4. The summed E-state index contributed by atoms with van der Waals surface area (Å²) in [6.45, 7) is 7.41. The molecule has 2 unspecified atom stereocenters. The molecule has 0 aromatic carbocycles. The quantitative estimate of drug-likeness (QED) is 0.802. The molecule has 20 heavy (non-hydrogen) atoms. The Labute approximate surface area is 124 Å². The number of hydrogen-bond acceptors (Lipinski definition) is 2. The molecule has 2 fully saturated rings. The normalized spacial score (nSPS) is 29.2. The molecule has 1 heterocycles. The number of carbonyl (C=O) groups excluding carboxylic acids is 1. The Bertz CT molecular complexity index is 297. The molecule has 1 saturated heterocycles. The van der Waals surface area contributed by atoms with E-state index < -0.39 is 0 Å². The van der Waals surface area contributed by atoms with Gasteiger partial charge in [-0.1, -0.05) is 46.0 Å². The smallest absolute Gasteiger partial charge is 0.225 e. The van der Waals surface area contributed by atoms with E-state index >= 15 is 0 Å². The van der Waals surface area contributed by atoms with Gasteiger partial charge >= 0.3 is 0 Å². The number of amides is 1. The Morgan fingerprint density at radius 1 is 1.10 bits per heavy atom. The molecular formula is C17H32N2O. The fourth-order valence-corrected chi connectivity index (χ4v) is 3.96. The lowest BCUT2D eigenvalue weighted by atomic mass is 9.88. The summed E-state index contributed by atoms with van der Waals surface area (Å²) in [5.74, 6) is 1.42. The minimum Gasteiger partial charge on any atom is -0.342 e. The highest BCUT2D eigenvalue weighted by Gasteiger charge is 2.32. The number of likely N-dealkylation sites (tertiary alicyclic amines) is 1. The molecule has 0 spiro atoms. The van der Waals surface area contributed by atoms with Gasteiger partial charge in [0, 0.05) is 25.0 Å². The maximum Gasteiger partial charge on any atom is 0.225 e. The minimum absolute atomic E-state index is 0.325. The van der Waals surface area contributed by atoms with Crippen LogP contribution in [0.15, 0.2) is 0 Å². The Balaban J connectivity index is 1.90. The molecule has 0 bridgehead atoms. The second-order valence-corrected chi connectivity index (χ2v) is 6.59. The highest BCUT2D eigenvalue weighted by Crippen LogP contribution is 2.27. The monoisotopic (exact) mass is 280 g/mol. The van der Waals surface area contributed by atoms with Gasteiger partial charge in [0.25, 0.3) is 0 Å². The first-order chi connectivity index (χ1) is 9.76. The molecule has 1 saturated carbocycles. The molecule has 0 aromatic heterocycles. The maximum absolute atomic E-state index is 12.7. The van der Waals surface area contributed by atoms with Crippen LogP contribution < -0.4 is 5.32 Å². The van der Waals surface area contributed by atoms with E-state index in [1.54, 1.807) is 0 Å². The van der Waals surface area contributed by atoms with Crippen LogP contribution in [0.3, 0.4) is 0 Å². The van der Waals surface area contributed by atoms with Crippen molar-refractivity contribution in [2.24, 2.45) is 11.8 Å². The summed E-state index contributed by atoms with van der Waals surface area (Å²) in [6.07, 6.45) is 9.71. The van der Waals surface area contributed by atoms with Gasteiger partial charge in [0.1, 0.15) is 0 Å². The molecule has 2 aliphatic rings. The van der Waals surface area contributed by atoms with Crippen LogP contribution in [0.1, 0.15) is 65.2 Å². The van der Waals surface area contributed by atoms with Crippen LogP contribution in [-0.2, 0) is 4.79 Å². The van der Waals surface area contributed by atoms with Gasteiger partial charge < -0.3 is 10.2 Å². The van der Waals surface area contributed by atoms with E-state index in [0.29, 0.717) is 23.8 Å². The van der Waals surface area contributed by atoms with Crippen LogP contribution in [-0.4, -0.2) is 36.5 Å². The zero-order valence-electron chi connectivity index (χ0n) is 13.4. The highest BCUT2D eigenvalue weighted by molar-refractivity contribution is 5.79. The SMILES string of the molecule is CCNC1CCN(C(=O)C2CCCCCC2)CC1CC. The lowest BCUT2D eigenvalue weighted by Gasteiger charge is -2.40. The van der Waals surface area contributed by atoms with E-state index in [4.69, 9.17) is 0 Å². The summed E-state index contributed by atoms with van der Waals surface area (Å²) < 4.78 is 0. The first-order valence-electron chi connectivity index (χ1n) is 8.78. The Morgan fingerprint density at radius 2 is 1.80 bits per heavy atom. The number of carbonyl (C=O) groups is 1. The molecule has 1 amide bonds. The Hall–Kier alpha value is -0.570. The van der Waals surface area contributed by atoms with E-state index in [2.05, 4.69) is 24.1 Å². The molecule has 0 radical (unpaired) electrons. The molecule has 2 rings (SSSR count). The molecule has 0 aromatic rings. The van der Waals surface area contributed by atoms with Gasteiger partial charge in [-0.3, -0.25) is 4.79 Å². The van der Waals surface area contributed by atoms with E-state index in [-0.39, 0.29) is 0 Å². The van der Waals surface area contributed by atoms with Crippen LogP contribution >= 0.6 is 0 Å². The second-order valence-electron chi connectivity index (χ2n) is 6.59. The number of piperidine rings is 1. The van der Waals surface area contributed by atoms with Crippen molar-refractivity contribution in [3.8, 4) is 0 Å². The maximum atomic E-state index is 12.7. The van der Waals surface area contributed by atoms with Gasteiger partial charge in [0.15, 0.2) is 0 Å². The predicted molar refractivity (Wildman–Crippen MR) is 83.6 cm³/mol. The summed E-state index contributed by atoms with van der Waals surface area (Å²) in [5.41, 5.74) is 0. The topological polar surface area (TPSA) is 32.3 Å². The van der Waals surface area contributed by atoms with Crippen LogP contribution in [0.5, 0.6) is 0 Å². The van der Waals surface area contributed by atoms with Crippen molar-refractivity contribution >= 4 is 5.91 Å². The van der Waals surface area contributed by atoms with Crippen molar-refractivity contribution in [3.63, 3.8) is 0 Å². The molecule has 1 aliphatic carbocycles. The van der Waals surface area contributed by atoms with Gasteiger partial charge in [0.2, 0.25) is 5.91 Å². The molecule has 2 atom stereocenters. The van der Waals surface area contributed by atoms with Crippen LogP contribution in [0, 0.1) is 11.8 Å². The lowest BCUT2D eigenvalue weighted by molar-refractivity contribution is -0.138. The first-order valence-corrected chi connectivity index (χ1v) is 8.78. The third-order valence-electron chi connectivity index (χ3n) is 5.24. The number of hydrogen-bond donors (Lipinski definition) is 1. The van der Waals surface area contributed by atoms with E-state index in [1.807, 2.05) is 0 Å². The zero-order valence-corrected chi connectivity index (χ0v) is 13.4. The average Bonchev–Trinajstić information content (AvgIpc) is 2.76. The van der Waals surface area contributed by atoms with Gasteiger partial charge in [-0.2, -0.15) is 0 Å². The Kier molecular flexibility index (Phi) is 6.34. The van der Waals surface area contributed by atoms with Crippen molar-refractivity contribution in [1.82, 2.24) is 10.2 Å². The first kappa shape index (κ1) is 15.8. The van der Waals surface area contributed by atoms with E-state index in [9.17, 15) is 4.79 Å². The third kappa shape index (κ3) is 3.97. The molecule has 3 nitrogen and oxygen atoms in total. The van der Waals surface area contributed by atoms with Gasteiger partial charge in [-0.25, -0.2) is 0 Å². The van der Waals surface area contributed by atoms with E-state index in [1.165, 1.54) is 32.1 Å². The zero-order chi connectivity index (χ0) is 14.4. The summed E-state index contributed by atoms with van der Waals surface area (Å²) in [7, 11) is 0. The molecular weight excluding hydrogens is 248 g/mol. The minimum atomic E-state index is 0.325. The predicted octanol–water partition coefficient (Wildman–Crippen LogP) is 3.19. The summed E-state index contributed by atoms with van der Waals surface area (Å²) in [4.78, 5) is 14.9. The molecule has 3 heteroatoms. The van der Waals surface area contributed by atoms with Crippen molar-refractivity contribution in [2.75, 3.05) is 19.6 Å². The molecule has 116 valence electrons. The number of nitrogens with zero attached hydrogens (tertiary/aromatic N) is 1. The van der Waals surface area contributed by atoms with Crippen molar-refractivity contribution in [3.05, 3.63) is 0 Å². The summed E-state index contributed by atoms with van der Waals surface area (Å²) in [5, 5.41) is 3.60. The Morgan fingerprint density at radius 3 is 2.40 bits per heavy atom. The fourth-order valence-electron chi connectivity index (χ4n) is 3.96. The summed E-state index contributed by atoms with van der Waals surface area (Å²) in [6, 6.07) is 0.614. The van der Waals surface area contributed by atoms with Gasteiger partial charge in [-0.05, 0) is 31.7 Å². The molecule has 1 N–H and O–H groups in total. The van der Waals surface area contributed by atoms with Gasteiger partial charge in [0.05, 0.1) is 0 Å². The van der Waals surface area contributed by atoms with Gasteiger partial charge in [-0.15, -0.1) is 0 Å². The lowest BCUT2D eigenvalue weighted by Crippen LogP contribution is -2.52.